The van der Waals surface area contributed by atoms with Gasteiger partial charge in [0.15, 0.2) is 6.67 Å². The van der Waals surface area contributed by atoms with Gasteiger partial charge in [-0.2, -0.15) is 43.9 Å². The lowest BCUT2D eigenvalue weighted by Gasteiger charge is -2.37. The van der Waals surface area contributed by atoms with Gasteiger partial charge in [0.1, 0.15) is 0 Å². The largest absolute Gasteiger partial charge is 0.478 e. The third-order valence-electron chi connectivity index (χ3n) is 2.27. The van der Waals surface area contributed by atoms with Crippen LogP contribution in [0.25, 0.3) is 0 Å². The topological polar surface area (TPSA) is 37.3 Å². The number of rotatable bonds is 7. The minimum atomic E-state index is -7.40. The molecule has 22 heavy (non-hydrogen) atoms. The minimum absolute atomic E-state index is 0.782. The molecule has 0 bridgehead atoms. The molecule has 0 aromatic heterocycles. The second kappa shape index (κ2) is 5.57. The lowest BCUT2D eigenvalue weighted by molar-refractivity contribution is -0.395. The molecule has 0 saturated heterocycles. The van der Waals surface area contributed by atoms with Crippen molar-refractivity contribution in [3.05, 3.63) is 12.2 Å². The summed E-state index contributed by atoms with van der Waals surface area (Å²) < 4.78 is 139. The first-order valence-electron chi connectivity index (χ1n) is 4.85. The summed E-state index contributed by atoms with van der Waals surface area (Å²) in [7, 11) is 0. The maximum atomic E-state index is 12.9. The molecule has 0 aliphatic rings. The summed E-state index contributed by atoms with van der Waals surface area (Å²) in [6.07, 6.45) is -2.16. The number of halogens is 11. The van der Waals surface area contributed by atoms with Crippen LogP contribution in [0.2, 0.25) is 0 Å². The van der Waals surface area contributed by atoms with Crippen LogP contribution in [0.4, 0.5) is 48.3 Å². The van der Waals surface area contributed by atoms with Gasteiger partial charge in [-0.1, -0.05) is 0 Å². The van der Waals surface area contributed by atoms with E-state index in [4.69, 9.17) is 5.11 Å². The molecule has 0 amide bonds. The Morgan fingerprint density at radius 2 is 1.23 bits per heavy atom. The van der Waals surface area contributed by atoms with Crippen molar-refractivity contribution in [3.63, 3.8) is 0 Å². The first-order chi connectivity index (χ1) is 9.48. The highest BCUT2D eigenvalue weighted by atomic mass is 19.4. The molecule has 0 unspecified atom stereocenters. The quantitative estimate of drug-likeness (QED) is 0.558. The van der Waals surface area contributed by atoms with E-state index in [0.29, 0.717) is 0 Å². The monoisotopic (exact) mass is 354 g/mol. The highest BCUT2D eigenvalue weighted by Gasteiger charge is 2.85. The molecule has 130 valence electrons. The van der Waals surface area contributed by atoms with Crippen molar-refractivity contribution < 1.29 is 58.2 Å². The van der Waals surface area contributed by atoms with Crippen LogP contribution in [0.15, 0.2) is 12.2 Å². The highest BCUT2D eigenvalue weighted by molar-refractivity contribution is 5.79. The second-order valence-electron chi connectivity index (χ2n) is 3.86. The van der Waals surface area contributed by atoms with Gasteiger partial charge in [-0.15, -0.1) is 0 Å². The molecule has 13 heteroatoms. The fraction of sp³-hybridized carbons (Fsp3) is 0.667. The summed E-state index contributed by atoms with van der Waals surface area (Å²) in [6.45, 7) is -3.53. The van der Waals surface area contributed by atoms with Gasteiger partial charge in [0, 0.05) is 6.08 Å². The Labute approximate surface area is 114 Å². The van der Waals surface area contributed by atoms with E-state index in [1.54, 1.807) is 0 Å². The summed E-state index contributed by atoms with van der Waals surface area (Å²) in [5, 5.41) is 7.90. The Morgan fingerprint density at radius 1 is 0.818 bits per heavy atom. The van der Waals surface area contributed by atoms with Crippen molar-refractivity contribution in [2.75, 3.05) is 6.67 Å². The summed E-state index contributed by atoms with van der Waals surface area (Å²) in [6, 6.07) is 0. The molecule has 0 aromatic rings. The van der Waals surface area contributed by atoms with Crippen molar-refractivity contribution in [2.24, 2.45) is 0 Å². The van der Waals surface area contributed by atoms with E-state index in [0.717, 1.165) is 0 Å². The van der Waals surface area contributed by atoms with Gasteiger partial charge in [0.2, 0.25) is 0 Å². The molecular weight excluding hydrogens is 349 g/mol. The van der Waals surface area contributed by atoms with Crippen molar-refractivity contribution in [1.29, 1.82) is 0 Å². The standard InChI is InChI=1S/C9H5F11O2/c10-3-6(13,14)8(17,18)9(19,20)7(15,16)5(11,12)2-1-4(21)22/h1-2H,3H2,(H,21,22). The second-order valence-corrected chi connectivity index (χ2v) is 3.86. The average Bonchev–Trinajstić information content (AvgIpc) is 2.35. The SMILES string of the molecule is O=C(O)C=CC(F)(F)C(F)(F)C(F)(F)C(F)(F)C(F)(F)CF. The number of hydrogen-bond acceptors (Lipinski definition) is 1. The number of carbonyl (C=O) groups is 1. The molecule has 0 spiro atoms. The van der Waals surface area contributed by atoms with Gasteiger partial charge >= 0.3 is 35.6 Å². The Morgan fingerprint density at radius 3 is 1.55 bits per heavy atom. The molecule has 0 saturated carbocycles. The van der Waals surface area contributed by atoms with Crippen LogP contribution in [-0.2, 0) is 4.79 Å². The Balaban J connectivity index is 6.01. The molecule has 0 aromatic carbocycles. The van der Waals surface area contributed by atoms with Crippen molar-refractivity contribution >= 4 is 5.97 Å². The van der Waals surface area contributed by atoms with Crippen LogP contribution in [0.3, 0.4) is 0 Å². The number of carboxylic acids is 1. The van der Waals surface area contributed by atoms with Crippen LogP contribution in [0, 0.1) is 0 Å². The van der Waals surface area contributed by atoms with Gasteiger partial charge in [0.05, 0.1) is 0 Å². The Hall–Kier alpha value is -1.56. The van der Waals surface area contributed by atoms with Gasteiger partial charge < -0.3 is 5.11 Å². The fourth-order valence-corrected chi connectivity index (χ4v) is 1.00. The number of alkyl halides is 11. The summed E-state index contributed by atoms with van der Waals surface area (Å²) in [5.74, 6) is -36.7. The van der Waals surface area contributed by atoms with Crippen molar-refractivity contribution in [2.45, 2.75) is 29.6 Å². The van der Waals surface area contributed by atoms with Crippen LogP contribution >= 0.6 is 0 Å². The Kier molecular flexibility index (Phi) is 5.18. The number of carboxylic acid groups (broad SMARTS) is 1. The van der Waals surface area contributed by atoms with Gasteiger partial charge in [-0.05, 0) is 6.08 Å². The van der Waals surface area contributed by atoms with Crippen LogP contribution in [0.5, 0.6) is 0 Å². The first kappa shape index (κ1) is 20.4. The highest BCUT2D eigenvalue weighted by Crippen LogP contribution is 2.57. The predicted molar refractivity (Wildman–Crippen MR) is 47.5 cm³/mol. The van der Waals surface area contributed by atoms with Gasteiger partial charge in [-0.3, -0.25) is 0 Å². The van der Waals surface area contributed by atoms with Crippen LogP contribution in [-0.4, -0.2) is 47.4 Å². The zero-order chi connectivity index (χ0) is 18.2. The van der Waals surface area contributed by atoms with Crippen LogP contribution < -0.4 is 0 Å². The summed E-state index contributed by atoms with van der Waals surface area (Å²) in [4.78, 5) is 9.85. The molecule has 0 rings (SSSR count). The van der Waals surface area contributed by atoms with E-state index >= 15 is 0 Å². The van der Waals surface area contributed by atoms with E-state index in [-0.39, 0.29) is 0 Å². The average molecular weight is 354 g/mol. The van der Waals surface area contributed by atoms with E-state index in [2.05, 4.69) is 0 Å². The molecule has 0 radical (unpaired) electrons. The zero-order valence-electron chi connectivity index (χ0n) is 9.87. The molecule has 1 N–H and O–H groups in total. The third kappa shape index (κ3) is 2.97. The van der Waals surface area contributed by atoms with Gasteiger partial charge in [0.25, 0.3) is 0 Å². The first-order valence-corrected chi connectivity index (χ1v) is 4.85. The molecule has 0 aliphatic heterocycles. The van der Waals surface area contributed by atoms with Crippen molar-refractivity contribution in [1.82, 2.24) is 0 Å². The lowest BCUT2D eigenvalue weighted by Crippen LogP contribution is -2.67. The van der Waals surface area contributed by atoms with E-state index in [9.17, 15) is 53.1 Å². The molecule has 2 nitrogen and oxygen atoms in total. The maximum Gasteiger partial charge on any atom is 0.384 e. The summed E-state index contributed by atoms with van der Waals surface area (Å²) in [5.41, 5.74) is 0. The lowest BCUT2D eigenvalue weighted by atomic mass is 9.94. The van der Waals surface area contributed by atoms with E-state index < -0.39 is 54.4 Å². The number of hydrogen-bond donors (Lipinski definition) is 1. The predicted octanol–water partition coefficient (Wildman–Crippen LogP) is 3.77. The third-order valence-corrected chi connectivity index (χ3v) is 2.27. The van der Waals surface area contributed by atoms with Crippen molar-refractivity contribution in [3.8, 4) is 0 Å². The van der Waals surface area contributed by atoms with E-state index in [1.807, 2.05) is 0 Å². The maximum absolute atomic E-state index is 12.9. The smallest absolute Gasteiger partial charge is 0.384 e. The minimum Gasteiger partial charge on any atom is -0.478 e. The van der Waals surface area contributed by atoms with E-state index in [1.165, 1.54) is 0 Å². The zero-order valence-corrected chi connectivity index (χ0v) is 9.87. The normalized spacial score (nSPS) is 15.4. The molecular formula is C9H5F11O2. The number of allylic oxidation sites excluding steroid dienone is 1. The molecule has 0 fully saturated rings. The molecule has 0 atom stereocenters. The fourth-order valence-electron chi connectivity index (χ4n) is 1.00. The number of aliphatic carboxylic acids is 1. The van der Waals surface area contributed by atoms with Gasteiger partial charge in [-0.25, -0.2) is 9.18 Å². The molecule has 0 aliphatic carbocycles. The molecule has 0 heterocycles. The van der Waals surface area contributed by atoms with Crippen LogP contribution in [0.1, 0.15) is 0 Å². The Bertz CT molecular complexity index is 454. The summed E-state index contributed by atoms with van der Waals surface area (Å²) >= 11 is 0.